The number of rotatable bonds is 1. The SMILES string of the molecule is Cc1cccc2nc(-c3ccc(Br)cc3F)c(N)n12. The van der Waals surface area contributed by atoms with Crippen LogP contribution in [-0.2, 0) is 0 Å². The van der Waals surface area contributed by atoms with Gasteiger partial charge in [-0.3, -0.25) is 4.40 Å². The Kier molecular flexibility index (Phi) is 2.78. The van der Waals surface area contributed by atoms with Crippen LogP contribution in [0.3, 0.4) is 0 Å². The van der Waals surface area contributed by atoms with Crippen LogP contribution in [-0.4, -0.2) is 9.38 Å². The largest absolute Gasteiger partial charge is 0.383 e. The Hall–Kier alpha value is -1.88. The first-order valence-corrected chi connectivity index (χ1v) is 6.56. The Morgan fingerprint density at radius 1 is 1.26 bits per heavy atom. The fourth-order valence-corrected chi connectivity index (χ4v) is 2.49. The summed E-state index contributed by atoms with van der Waals surface area (Å²) >= 11 is 3.24. The molecule has 3 rings (SSSR count). The van der Waals surface area contributed by atoms with Crippen LogP contribution < -0.4 is 5.73 Å². The van der Waals surface area contributed by atoms with Crippen molar-refractivity contribution in [3.63, 3.8) is 0 Å². The third-order valence-corrected chi connectivity index (χ3v) is 3.55. The molecule has 2 N–H and O–H groups in total. The van der Waals surface area contributed by atoms with Crippen molar-refractivity contribution in [3.05, 3.63) is 52.4 Å². The summed E-state index contributed by atoms with van der Waals surface area (Å²) in [6.45, 7) is 1.94. The fraction of sp³-hybridized carbons (Fsp3) is 0.0714. The molecule has 0 fully saturated rings. The molecule has 0 atom stereocenters. The van der Waals surface area contributed by atoms with Crippen molar-refractivity contribution in [2.75, 3.05) is 5.73 Å². The second-order valence-corrected chi connectivity index (χ2v) is 5.25. The van der Waals surface area contributed by atoms with Gasteiger partial charge in [0.2, 0.25) is 0 Å². The number of nitrogen functional groups attached to an aromatic ring is 1. The Labute approximate surface area is 118 Å². The van der Waals surface area contributed by atoms with Crippen LogP contribution in [0.2, 0.25) is 0 Å². The van der Waals surface area contributed by atoms with Gasteiger partial charge >= 0.3 is 0 Å². The zero-order valence-corrected chi connectivity index (χ0v) is 11.8. The van der Waals surface area contributed by atoms with E-state index in [1.807, 2.05) is 29.5 Å². The highest BCUT2D eigenvalue weighted by molar-refractivity contribution is 9.10. The third-order valence-electron chi connectivity index (χ3n) is 3.06. The van der Waals surface area contributed by atoms with Gasteiger partial charge in [-0.05, 0) is 37.3 Å². The Morgan fingerprint density at radius 2 is 2.05 bits per heavy atom. The van der Waals surface area contributed by atoms with Crippen LogP contribution >= 0.6 is 15.9 Å². The van der Waals surface area contributed by atoms with Crippen molar-refractivity contribution in [1.29, 1.82) is 0 Å². The average Bonchev–Trinajstić information content (AvgIpc) is 2.68. The van der Waals surface area contributed by atoms with Crippen molar-refractivity contribution in [2.45, 2.75) is 6.92 Å². The molecular weight excluding hydrogens is 309 g/mol. The first-order valence-electron chi connectivity index (χ1n) is 5.77. The number of hydrogen-bond donors (Lipinski definition) is 1. The Morgan fingerprint density at radius 3 is 2.74 bits per heavy atom. The van der Waals surface area contributed by atoms with Crippen LogP contribution in [0.4, 0.5) is 10.2 Å². The van der Waals surface area contributed by atoms with Crippen LogP contribution in [0, 0.1) is 12.7 Å². The number of anilines is 1. The van der Waals surface area contributed by atoms with Gasteiger partial charge in [0, 0.05) is 15.7 Å². The number of aryl methyl sites for hydroxylation is 1. The summed E-state index contributed by atoms with van der Waals surface area (Å²) in [6, 6.07) is 10.5. The highest BCUT2D eigenvalue weighted by Gasteiger charge is 2.15. The normalized spacial score (nSPS) is 11.1. The molecule has 0 bridgehead atoms. The maximum absolute atomic E-state index is 14.0. The zero-order valence-electron chi connectivity index (χ0n) is 10.2. The summed E-state index contributed by atoms with van der Waals surface area (Å²) in [6.07, 6.45) is 0. The maximum Gasteiger partial charge on any atom is 0.139 e. The molecule has 19 heavy (non-hydrogen) atoms. The number of halogens is 2. The van der Waals surface area contributed by atoms with E-state index in [0.717, 1.165) is 11.3 Å². The molecule has 2 aromatic heterocycles. The third kappa shape index (κ3) is 1.90. The molecule has 0 saturated carbocycles. The molecule has 5 heteroatoms. The molecule has 0 radical (unpaired) electrons. The van der Waals surface area contributed by atoms with E-state index in [9.17, 15) is 4.39 Å². The standard InChI is InChI=1S/C14H11BrFN3/c1-8-3-2-4-12-18-13(14(17)19(8)12)10-6-5-9(15)7-11(10)16/h2-7H,17H2,1H3. The number of imidazole rings is 1. The van der Waals surface area contributed by atoms with Gasteiger partial charge in [-0.25, -0.2) is 9.37 Å². The lowest BCUT2D eigenvalue weighted by molar-refractivity contribution is 0.630. The second kappa shape index (κ2) is 4.35. The summed E-state index contributed by atoms with van der Waals surface area (Å²) < 4.78 is 16.5. The van der Waals surface area contributed by atoms with Crippen LogP contribution in [0.5, 0.6) is 0 Å². The number of pyridine rings is 1. The molecule has 0 aliphatic heterocycles. The lowest BCUT2D eigenvalue weighted by Gasteiger charge is -2.03. The van der Waals surface area contributed by atoms with Gasteiger partial charge in [-0.2, -0.15) is 0 Å². The molecular formula is C14H11BrFN3. The molecule has 0 amide bonds. The second-order valence-electron chi connectivity index (χ2n) is 4.33. The van der Waals surface area contributed by atoms with Crippen molar-refractivity contribution < 1.29 is 4.39 Å². The summed E-state index contributed by atoms with van der Waals surface area (Å²) in [5.41, 5.74) is 8.66. The minimum atomic E-state index is -0.345. The molecule has 0 aliphatic carbocycles. The number of nitrogens with zero attached hydrogens (tertiary/aromatic N) is 2. The zero-order chi connectivity index (χ0) is 13.6. The molecule has 3 nitrogen and oxygen atoms in total. The predicted molar refractivity (Wildman–Crippen MR) is 77.4 cm³/mol. The molecule has 2 heterocycles. The summed E-state index contributed by atoms with van der Waals surface area (Å²) in [5.74, 6) is 0.108. The molecule has 1 aromatic carbocycles. The number of nitrogens with two attached hydrogens (primary N) is 1. The molecule has 0 saturated heterocycles. The minimum Gasteiger partial charge on any atom is -0.383 e. The van der Waals surface area contributed by atoms with Gasteiger partial charge in [-0.15, -0.1) is 0 Å². The van der Waals surface area contributed by atoms with Gasteiger partial charge < -0.3 is 5.73 Å². The maximum atomic E-state index is 14.0. The summed E-state index contributed by atoms with van der Waals surface area (Å²) in [4.78, 5) is 4.42. The first kappa shape index (κ1) is 12.2. The number of benzene rings is 1. The smallest absolute Gasteiger partial charge is 0.139 e. The van der Waals surface area contributed by atoms with E-state index in [4.69, 9.17) is 5.73 Å². The quantitative estimate of drug-likeness (QED) is 0.741. The summed E-state index contributed by atoms with van der Waals surface area (Å²) in [7, 11) is 0. The topological polar surface area (TPSA) is 43.3 Å². The summed E-state index contributed by atoms with van der Waals surface area (Å²) in [5, 5.41) is 0. The van der Waals surface area contributed by atoms with Crippen molar-refractivity contribution in [3.8, 4) is 11.3 Å². The Balaban J connectivity index is 2.31. The van der Waals surface area contributed by atoms with Gasteiger partial charge in [0.05, 0.1) is 0 Å². The van der Waals surface area contributed by atoms with Gasteiger partial charge in [0.25, 0.3) is 0 Å². The molecule has 0 aliphatic rings. The molecule has 96 valence electrons. The van der Waals surface area contributed by atoms with Gasteiger partial charge in [-0.1, -0.05) is 22.0 Å². The lowest BCUT2D eigenvalue weighted by Crippen LogP contribution is -1.97. The predicted octanol–water partition coefficient (Wildman–Crippen LogP) is 3.79. The van der Waals surface area contributed by atoms with E-state index in [2.05, 4.69) is 20.9 Å². The lowest BCUT2D eigenvalue weighted by atomic mass is 10.1. The van der Waals surface area contributed by atoms with Crippen LogP contribution in [0.25, 0.3) is 16.9 Å². The molecule has 3 aromatic rings. The fourth-order valence-electron chi connectivity index (χ4n) is 2.16. The van der Waals surface area contributed by atoms with Crippen LogP contribution in [0.1, 0.15) is 5.69 Å². The van der Waals surface area contributed by atoms with Gasteiger partial charge in [0.1, 0.15) is 23.0 Å². The van der Waals surface area contributed by atoms with E-state index in [1.165, 1.54) is 6.07 Å². The highest BCUT2D eigenvalue weighted by atomic mass is 79.9. The van der Waals surface area contributed by atoms with E-state index in [0.29, 0.717) is 21.5 Å². The molecule has 0 spiro atoms. The van der Waals surface area contributed by atoms with E-state index >= 15 is 0 Å². The number of hydrogen-bond acceptors (Lipinski definition) is 2. The highest BCUT2D eigenvalue weighted by Crippen LogP contribution is 2.30. The van der Waals surface area contributed by atoms with E-state index in [-0.39, 0.29) is 5.82 Å². The minimum absolute atomic E-state index is 0.345. The van der Waals surface area contributed by atoms with Crippen molar-refractivity contribution in [1.82, 2.24) is 9.38 Å². The van der Waals surface area contributed by atoms with Crippen molar-refractivity contribution in [2.24, 2.45) is 0 Å². The monoisotopic (exact) mass is 319 g/mol. The first-order chi connectivity index (χ1) is 9.08. The molecule has 0 unspecified atom stereocenters. The van der Waals surface area contributed by atoms with Crippen LogP contribution in [0.15, 0.2) is 40.9 Å². The van der Waals surface area contributed by atoms with Gasteiger partial charge in [0.15, 0.2) is 0 Å². The van der Waals surface area contributed by atoms with E-state index in [1.54, 1.807) is 12.1 Å². The number of aromatic nitrogens is 2. The van der Waals surface area contributed by atoms with Crippen molar-refractivity contribution >= 4 is 27.4 Å². The average molecular weight is 320 g/mol. The number of fused-ring (bicyclic) bond motifs is 1. The Bertz CT molecular complexity index is 780. The van der Waals surface area contributed by atoms with E-state index < -0.39 is 0 Å².